The first-order valence-corrected chi connectivity index (χ1v) is 7.73. The molecule has 0 aliphatic heterocycles. The highest BCUT2D eigenvalue weighted by Crippen LogP contribution is 2.06. The van der Waals surface area contributed by atoms with Crippen molar-refractivity contribution in [1.29, 1.82) is 0 Å². The molecule has 20 heavy (non-hydrogen) atoms. The van der Waals surface area contributed by atoms with Crippen molar-refractivity contribution in [2.75, 3.05) is 13.2 Å². The molecule has 4 heteroatoms. The van der Waals surface area contributed by atoms with Crippen LogP contribution in [-0.2, 0) is 19.1 Å². The fourth-order valence-corrected chi connectivity index (χ4v) is 1.62. The monoisotopic (exact) mass is 286 g/mol. The van der Waals surface area contributed by atoms with Crippen LogP contribution in [0.15, 0.2) is 0 Å². The van der Waals surface area contributed by atoms with E-state index in [1.165, 1.54) is 0 Å². The van der Waals surface area contributed by atoms with Crippen LogP contribution in [0, 0.1) is 11.8 Å². The van der Waals surface area contributed by atoms with Gasteiger partial charge in [0.2, 0.25) is 0 Å². The fraction of sp³-hybridized carbons (Fsp3) is 0.875. The zero-order valence-corrected chi connectivity index (χ0v) is 13.4. The van der Waals surface area contributed by atoms with Gasteiger partial charge in [-0.15, -0.1) is 0 Å². The second-order valence-corrected chi connectivity index (χ2v) is 6.04. The van der Waals surface area contributed by atoms with Crippen molar-refractivity contribution < 1.29 is 19.1 Å². The number of rotatable bonds is 11. The zero-order chi connectivity index (χ0) is 15.4. The van der Waals surface area contributed by atoms with Crippen molar-refractivity contribution in [1.82, 2.24) is 0 Å². The van der Waals surface area contributed by atoms with Gasteiger partial charge in [-0.2, -0.15) is 0 Å². The molecule has 0 aliphatic carbocycles. The van der Waals surface area contributed by atoms with Crippen LogP contribution >= 0.6 is 0 Å². The zero-order valence-electron chi connectivity index (χ0n) is 13.4. The van der Waals surface area contributed by atoms with Gasteiger partial charge in [0.25, 0.3) is 0 Å². The average Bonchev–Trinajstić information content (AvgIpc) is 2.37. The number of hydrogen-bond donors (Lipinski definition) is 0. The van der Waals surface area contributed by atoms with Crippen molar-refractivity contribution in [2.45, 2.75) is 66.2 Å². The average molecular weight is 286 g/mol. The van der Waals surface area contributed by atoms with Gasteiger partial charge < -0.3 is 9.47 Å². The minimum atomic E-state index is -0.177. The highest BCUT2D eigenvalue weighted by atomic mass is 16.5. The normalized spacial score (nSPS) is 10.9. The minimum Gasteiger partial charge on any atom is -0.466 e. The van der Waals surface area contributed by atoms with Crippen LogP contribution in [0.25, 0.3) is 0 Å². The molecule has 0 N–H and O–H groups in total. The lowest BCUT2D eigenvalue weighted by atomic mass is 10.1. The Morgan fingerprint density at radius 3 is 1.85 bits per heavy atom. The van der Waals surface area contributed by atoms with E-state index in [2.05, 4.69) is 13.8 Å². The number of carbonyl (C=O) groups is 2. The Morgan fingerprint density at radius 1 is 0.800 bits per heavy atom. The Labute approximate surface area is 123 Å². The summed E-state index contributed by atoms with van der Waals surface area (Å²) in [4.78, 5) is 22.7. The number of ether oxygens (including phenoxy) is 2. The molecule has 0 aromatic carbocycles. The van der Waals surface area contributed by atoms with Gasteiger partial charge in [-0.1, -0.05) is 27.7 Å². The van der Waals surface area contributed by atoms with Crippen LogP contribution in [0.3, 0.4) is 0 Å². The Balaban J connectivity index is 3.41. The molecule has 0 aromatic rings. The van der Waals surface area contributed by atoms with E-state index in [-0.39, 0.29) is 11.9 Å². The van der Waals surface area contributed by atoms with Gasteiger partial charge in [0.05, 0.1) is 13.2 Å². The van der Waals surface area contributed by atoms with Crippen molar-refractivity contribution in [3.8, 4) is 0 Å². The summed E-state index contributed by atoms with van der Waals surface area (Å²) in [6.45, 7) is 9.29. The van der Waals surface area contributed by atoms with Gasteiger partial charge in [-0.25, -0.2) is 0 Å². The number of unbranched alkanes of at least 4 members (excludes halogenated alkanes) is 1. The predicted molar refractivity (Wildman–Crippen MR) is 79.3 cm³/mol. The van der Waals surface area contributed by atoms with E-state index < -0.39 is 0 Å². The van der Waals surface area contributed by atoms with Gasteiger partial charge >= 0.3 is 11.9 Å². The van der Waals surface area contributed by atoms with Gasteiger partial charge in [0, 0.05) is 12.8 Å². The number of hydrogen-bond acceptors (Lipinski definition) is 4. The molecule has 0 heterocycles. The molecule has 0 bridgehead atoms. The van der Waals surface area contributed by atoms with Gasteiger partial charge in [0.15, 0.2) is 0 Å². The lowest BCUT2D eigenvalue weighted by Gasteiger charge is -2.07. The maximum atomic E-state index is 11.4. The molecular weight excluding hydrogens is 256 g/mol. The number of carbonyl (C=O) groups excluding carboxylic acids is 2. The Kier molecular flexibility index (Phi) is 11.1. The summed E-state index contributed by atoms with van der Waals surface area (Å²) in [6, 6.07) is 0. The summed E-state index contributed by atoms with van der Waals surface area (Å²) in [6.07, 6.45) is 4.13. The maximum Gasteiger partial charge on any atom is 0.305 e. The first kappa shape index (κ1) is 18.9. The quantitative estimate of drug-likeness (QED) is 0.429. The van der Waals surface area contributed by atoms with E-state index in [0.717, 1.165) is 12.8 Å². The van der Waals surface area contributed by atoms with Crippen LogP contribution in [0.1, 0.15) is 66.2 Å². The largest absolute Gasteiger partial charge is 0.466 e. The molecule has 0 rings (SSSR count). The highest BCUT2D eigenvalue weighted by molar-refractivity contribution is 5.70. The van der Waals surface area contributed by atoms with Crippen LogP contribution in [-0.4, -0.2) is 25.2 Å². The van der Waals surface area contributed by atoms with Gasteiger partial charge in [-0.3, -0.25) is 9.59 Å². The second kappa shape index (κ2) is 11.7. The molecule has 0 atom stereocenters. The summed E-state index contributed by atoms with van der Waals surface area (Å²) in [5.74, 6) is 0.665. The molecule has 4 nitrogen and oxygen atoms in total. The fourth-order valence-electron chi connectivity index (χ4n) is 1.62. The van der Waals surface area contributed by atoms with Crippen LogP contribution in [0.4, 0.5) is 0 Å². The van der Waals surface area contributed by atoms with Crippen LogP contribution < -0.4 is 0 Å². The van der Waals surface area contributed by atoms with E-state index in [4.69, 9.17) is 9.47 Å². The summed E-state index contributed by atoms with van der Waals surface area (Å²) in [5, 5.41) is 0. The Morgan fingerprint density at radius 2 is 1.35 bits per heavy atom. The van der Waals surface area contributed by atoms with E-state index in [0.29, 0.717) is 50.7 Å². The molecule has 0 unspecified atom stereocenters. The molecule has 0 radical (unpaired) electrons. The Hall–Kier alpha value is -1.06. The summed E-state index contributed by atoms with van der Waals surface area (Å²) in [5.41, 5.74) is 0. The molecule has 0 aliphatic rings. The van der Waals surface area contributed by atoms with Crippen LogP contribution in [0.5, 0.6) is 0 Å². The van der Waals surface area contributed by atoms with E-state index in [1.807, 2.05) is 13.8 Å². The lowest BCUT2D eigenvalue weighted by molar-refractivity contribution is -0.146. The topological polar surface area (TPSA) is 52.6 Å². The van der Waals surface area contributed by atoms with Crippen molar-refractivity contribution >= 4 is 11.9 Å². The molecule has 0 saturated heterocycles. The second-order valence-electron chi connectivity index (χ2n) is 6.04. The smallest absolute Gasteiger partial charge is 0.305 e. The molecular formula is C16H30O4. The Bertz CT molecular complexity index is 272. The third-order valence-electron chi connectivity index (χ3n) is 2.78. The SMILES string of the molecule is CC(C)CCCOC(=O)CCCCC(=O)OCC(C)C. The third-order valence-corrected chi connectivity index (χ3v) is 2.78. The third kappa shape index (κ3) is 13.4. The highest BCUT2D eigenvalue weighted by Gasteiger charge is 2.07. The van der Waals surface area contributed by atoms with E-state index >= 15 is 0 Å². The molecule has 0 fully saturated rings. The summed E-state index contributed by atoms with van der Waals surface area (Å²) in [7, 11) is 0. The number of esters is 2. The summed E-state index contributed by atoms with van der Waals surface area (Å²) >= 11 is 0. The van der Waals surface area contributed by atoms with Crippen molar-refractivity contribution in [3.63, 3.8) is 0 Å². The molecule has 0 amide bonds. The van der Waals surface area contributed by atoms with Gasteiger partial charge in [-0.05, 0) is 37.5 Å². The van der Waals surface area contributed by atoms with Crippen molar-refractivity contribution in [3.05, 3.63) is 0 Å². The van der Waals surface area contributed by atoms with Crippen molar-refractivity contribution in [2.24, 2.45) is 11.8 Å². The first-order valence-electron chi connectivity index (χ1n) is 7.73. The standard InChI is InChI=1S/C16H30O4/c1-13(2)8-7-11-19-15(17)9-5-6-10-16(18)20-12-14(3)4/h13-14H,5-12H2,1-4H3. The summed E-state index contributed by atoms with van der Waals surface area (Å²) < 4.78 is 10.2. The molecule has 0 spiro atoms. The van der Waals surface area contributed by atoms with Gasteiger partial charge in [0.1, 0.15) is 0 Å². The van der Waals surface area contributed by atoms with Crippen LogP contribution in [0.2, 0.25) is 0 Å². The molecule has 118 valence electrons. The minimum absolute atomic E-state index is 0.163. The van der Waals surface area contributed by atoms with E-state index in [9.17, 15) is 9.59 Å². The predicted octanol–water partition coefficient (Wildman–Crippen LogP) is 3.73. The molecule has 0 saturated carbocycles. The van der Waals surface area contributed by atoms with E-state index in [1.54, 1.807) is 0 Å². The maximum absolute atomic E-state index is 11.4. The first-order chi connectivity index (χ1) is 9.41. The molecule has 0 aromatic heterocycles. The lowest BCUT2D eigenvalue weighted by Crippen LogP contribution is -2.10.